The molecule has 1 aromatic heterocycles. The van der Waals surface area contributed by atoms with E-state index in [1.807, 2.05) is 10.9 Å². The van der Waals surface area contributed by atoms with Crippen LogP contribution in [0, 0.1) is 11.3 Å². The van der Waals surface area contributed by atoms with E-state index in [1.54, 1.807) is 0 Å². The van der Waals surface area contributed by atoms with Gasteiger partial charge < -0.3 is 5.32 Å². The van der Waals surface area contributed by atoms with E-state index in [-0.39, 0.29) is 0 Å². The summed E-state index contributed by atoms with van der Waals surface area (Å²) < 4.78 is 2.01. The monoisotopic (exact) mass is 207 g/mol. The minimum atomic E-state index is 0.474. The Bertz CT molecular complexity index is 323. The van der Waals surface area contributed by atoms with E-state index in [9.17, 15) is 0 Å². The van der Waals surface area contributed by atoms with E-state index in [0.717, 1.165) is 32.0 Å². The van der Waals surface area contributed by atoms with Crippen LogP contribution in [-0.4, -0.2) is 22.9 Å². The van der Waals surface area contributed by atoms with Gasteiger partial charge in [-0.1, -0.05) is 13.8 Å². The Morgan fingerprint density at radius 1 is 1.53 bits per heavy atom. The summed E-state index contributed by atoms with van der Waals surface area (Å²) in [6.45, 7) is 10.0. The van der Waals surface area contributed by atoms with E-state index < -0.39 is 0 Å². The molecule has 84 valence electrons. The fraction of sp³-hybridized carbons (Fsp3) is 0.750. The zero-order valence-corrected chi connectivity index (χ0v) is 9.95. The third kappa shape index (κ3) is 1.93. The van der Waals surface area contributed by atoms with Gasteiger partial charge in [0.1, 0.15) is 0 Å². The summed E-state index contributed by atoms with van der Waals surface area (Å²) in [6.07, 6.45) is 5.37. The molecule has 0 spiro atoms. The van der Waals surface area contributed by atoms with Crippen molar-refractivity contribution in [2.75, 3.05) is 13.1 Å². The highest BCUT2D eigenvalue weighted by Gasteiger charge is 2.39. The van der Waals surface area contributed by atoms with Crippen molar-refractivity contribution in [3.05, 3.63) is 18.0 Å². The highest BCUT2D eigenvalue weighted by molar-refractivity contribution is 5.11. The molecule has 2 heterocycles. The van der Waals surface area contributed by atoms with Gasteiger partial charge in [0.25, 0.3) is 0 Å². The average molecular weight is 207 g/mol. The summed E-state index contributed by atoms with van der Waals surface area (Å²) in [4.78, 5) is 0. The van der Waals surface area contributed by atoms with E-state index in [1.165, 1.54) is 5.56 Å². The molecule has 0 unspecified atom stereocenters. The van der Waals surface area contributed by atoms with E-state index in [4.69, 9.17) is 0 Å². The second-order valence-corrected chi connectivity index (χ2v) is 5.00. The molecule has 1 N–H and O–H groups in total. The average Bonchev–Trinajstić information content (AvgIpc) is 2.58. The molecule has 15 heavy (non-hydrogen) atoms. The number of nitrogens with one attached hydrogen (secondary N) is 1. The van der Waals surface area contributed by atoms with Crippen molar-refractivity contribution in [2.45, 2.75) is 33.7 Å². The summed E-state index contributed by atoms with van der Waals surface area (Å²) in [6, 6.07) is 0. The Kier molecular flexibility index (Phi) is 2.83. The molecular weight excluding hydrogens is 186 g/mol. The molecule has 0 aromatic carbocycles. The first-order chi connectivity index (χ1) is 7.16. The van der Waals surface area contributed by atoms with Gasteiger partial charge in [0, 0.05) is 31.2 Å². The molecular formula is C12H21N3. The molecule has 0 aliphatic carbocycles. The maximum Gasteiger partial charge on any atom is 0.0521 e. The quantitative estimate of drug-likeness (QED) is 0.814. The fourth-order valence-corrected chi connectivity index (χ4v) is 2.26. The summed E-state index contributed by atoms with van der Waals surface area (Å²) in [5.74, 6) is 0.740. The van der Waals surface area contributed by atoms with Crippen LogP contribution in [0.5, 0.6) is 0 Å². The molecule has 2 rings (SSSR count). The minimum Gasteiger partial charge on any atom is -0.315 e. The fourth-order valence-electron chi connectivity index (χ4n) is 2.26. The topological polar surface area (TPSA) is 29.9 Å². The maximum absolute atomic E-state index is 4.33. The highest BCUT2D eigenvalue weighted by Crippen LogP contribution is 2.35. The molecule has 3 nitrogen and oxygen atoms in total. The third-order valence-electron chi connectivity index (χ3n) is 3.75. The number of aryl methyl sites for hydroxylation is 1. The van der Waals surface area contributed by atoms with E-state index in [0.29, 0.717) is 5.41 Å². The SMILES string of the molecule is CCn1cc(CC2(C(C)C)CNC2)cn1. The largest absolute Gasteiger partial charge is 0.315 e. The van der Waals surface area contributed by atoms with Crippen molar-refractivity contribution in [1.82, 2.24) is 15.1 Å². The van der Waals surface area contributed by atoms with Gasteiger partial charge in [-0.15, -0.1) is 0 Å². The second-order valence-electron chi connectivity index (χ2n) is 5.00. The van der Waals surface area contributed by atoms with Crippen LogP contribution in [0.4, 0.5) is 0 Å². The zero-order chi connectivity index (χ0) is 10.9. The molecule has 1 aliphatic rings. The standard InChI is InChI=1S/C12H21N3/c1-4-15-7-11(6-14-15)5-12(10(2)3)8-13-9-12/h6-7,10,13H,4-5,8-9H2,1-3H3. The first-order valence-corrected chi connectivity index (χ1v) is 5.88. The first kappa shape index (κ1) is 10.7. The zero-order valence-electron chi connectivity index (χ0n) is 9.95. The molecule has 3 heteroatoms. The number of rotatable bonds is 4. The lowest BCUT2D eigenvalue weighted by molar-refractivity contribution is 0.0994. The Labute approximate surface area is 91.9 Å². The summed E-state index contributed by atoms with van der Waals surface area (Å²) in [5, 5.41) is 7.73. The molecule has 0 radical (unpaired) electrons. The number of nitrogens with zero attached hydrogens (tertiary/aromatic N) is 2. The lowest BCUT2D eigenvalue weighted by Gasteiger charge is -2.46. The van der Waals surface area contributed by atoms with Crippen molar-refractivity contribution in [2.24, 2.45) is 11.3 Å². The van der Waals surface area contributed by atoms with Gasteiger partial charge in [0.15, 0.2) is 0 Å². The number of hydrogen-bond acceptors (Lipinski definition) is 2. The maximum atomic E-state index is 4.33. The third-order valence-corrected chi connectivity index (χ3v) is 3.75. The normalized spacial score (nSPS) is 19.2. The van der Waals surface area contributed by atoms with E-state index >= 15 is 0 Å². The van der Waals surface area contributed by atoms with Gasteiger partial charge in [-0.05, 0) is 24.8 Å². The molecule has 1 fully saturated rings. The van der Waals surface area contributed by atoms with Crippen molar-refractivity contribution < 1.29 is 0 Å². The van der Waals surface area contributed by atoms with Crippen LogP contribution in [0.25, 0.3) is 0 Å². The number of hydrogen-bond donors (Lipinski definition) is 1. The van der Waals surface area contributed by atoms with Crippen LogP contribution < -0.4 is 5.32 Å². The smallest absolute Gasteiger partial charge is 0.0521 e. The predicted octanol–water partition coefficient (Wildman–Crippen LogP) is 1.69. The first-order valence-electron chi connectivity index (χ1n) is 5.88. The second kappa shape index (κ2) is 3.97. The van der Waals surface area contributed by atoms with Crippen molar-refractivity contribution in [1.29, 1.82) is 0 Å². The van der Waals surface area contributed by atoms with Crippen LogP contribution in [0.2, 0.25) is 0 Å². The van der Waals surface area contributed by atoms with Crippen molar-refractivity contribution in [3.8, 4) is 0 Å². The van der Waals surface area contributed by atoms with Crippen LogP contribution in [-0.2, 0) is 13.0 Å². The molecule has 0 atom stereocenters. The lowest BCUT2D eigenvalue weighted by Crippen LogP contribution is -2.57. The van der Waals surface area contributed by atoms with E-state index in [2.05, 4.69) is 37.4 Å². The molecule has 0 bridgehead atoms. The summed E-state index contributed by atoms with van der Waals surface area (Å²) in [7, 11) is 0. The molecule has 0 saturated carbocycles. The van der Waals surface area contributed by atoms with Gasteiger partial charge in [-0.3, -0.25) is 4.68 Å². The lowest BCUT2D eigenvalue weighted by atomic mass is 9.69. The minimum absolute atomic E-state index is 0.474. The highest BCUT2D eigenvalue weighted by atomic mass is 15.3. The van der Waals surface area contributed by atoms with Gasteiger partial charge >= 0.3 is 0 Å². The van der Waals surface area contributed by atoms with Gasteiger partial charge in [0.05, 0.1) is 6.20 Å². The van der Waals surface area contributed by atoms with Crippen LogP contribution in [0.15, 0.2) is 12.4 Å². The molecule has 1 aliphatic heterocycles. The summed E-state index contributed by atoms with van der Waals surface area (Å²) in [5.41, 5.74) is 1.86. The van der Waals surface area contributed by atoms with Gasteiger partial charge in [-0.25, -0.2) is 0 Å². The van der Waals surface area contributed by atoms with Gasteiger partial charge in [0.2, 0.25) is 0 Å². The van der Waals surface area contributed by atoms with Crippen LogP contribution >= 0.6 is 0 Å². The van der Waals surface area contributed by atoms with Crippen LogP contribution in [0.3, 0.4) is 0 Å². The number of aromatic nitrogens is 2. The molecule has 1 saturated heterocycles. The summed E-state index contributed by atoms with van der Waals surface area (Å²) >= 11 is 0. The van der Waals surface area contributed by atoms with Gasteiger partial charge in [-0.2, -0.15) is 5.10 Å². The molecule has 1 aromatic rings. The van der Waals surface area contributed by atoms with Crippen LogP contribution in [0.1, 0.15) is 26.3 Å². The Morgan fingerprint density at radius 2 is 2.27 bits per heavy atom. The Hall–Kier alpha value is -0.830. The van der Waals surface area contributed by atoms with Crippen molar-refractivity contribution in [3.63, 3.8) is 0 Å². The Morgan fingerprint density at radius 3 is 2.67 bits per heavy atom. The predicted molar refractivity (Wildman–Crippen MR) is 61.7 cm³/mol. The Balaban J connectivity index is 2.06. The van der Waals surface area contributed by atoms with Crippen molar-refractivity contribution >= 4 is 0 Å². The molecule has 0 amide bonds.